The van der Waals surface area contributed by atoms with E-state index >= 15 is 0 Å². The highest BCUT2D eigenvalue weighted by Gasteiger charge is 2.00. The van der Waals surface area contributed by atoms with Crippen molar-refractivity contribution >= 4 is 17.2 Å². The smallest absolute Gasteiger partial charge is 0.158 e. The molecule has 0 radical (unpaired) electrons. The van der Waals surface area contributed by atoms with Crippen LogP contribution in [0.5, 0.6) is 0 Å². The molecule has 0 aliphatic rings. The second kappa shape index (κ2) is 4.08. The van der Waals surface area contributed by atoms with Crippen LogP contribution in [-0.2, 0) is 0 Å². The third-order valence-corrected chi connectivity index (χ3v) is 1.97. The fourth-order valence-electron chi connectivity index (χ4n) is 0.752. The van der Waals surface area contributed by atoms with Gasteiger partial charge in [-0.1, -0.05) is 0 Å². The van der Waals surface area contributed by atoms with Crippen LogP contribution in [0.25, 0.3) is 0 Å². The third kappa shape index (κ3) is 2.01. The van der Waals surface area contributed by atoms with Crippen LogP contribution in [0.2, 0.25) is 0 Å². The lowest BCUT2D eigenvalue weighted by molar-refractivity contribution is 1.06. The van der Waals surface area contributed by atoms with Crippen LogP contribution in [-0.4, -0.2) is 24.4 Å². The Kier molecular flexibility index (Phi) is 3.04. The summed E-state index contributed by atoms with van der Waals surface area (Å²) in [6.45, 7) is 2.79. The van der Waals surface area contributed by atoms with Crippen LogP contribution in [0.15, 0.2) is 16.6 Å². The van der Waals surface area contributed by atoms with E-state index in [1.165, 1.54) is 0 Å². The van der Waals surface area contributed by atoms with Crippen LogP contribution >= 0.6 is 11.3 Å². The first-order valence-electron chi connectivity index (χ1n) is 3.50. The highest BCUT2D eigenvalue weighted by molar-refractivity contribution is 7.11. The minimum absolute atomic E-state index is 0.787. The van der Waals surface area contributed by atoms with Gasteiger partial charge < -0.3 is 5.32 Å². The zero-order valence-electron chi connectivity index (χ0n) is 6.66. The van der Waals surface area contributed by atoms with E-state index in [-0.39, 0.29) is 0 Å². The molecule has 3 nitrogen and oxygen atoms in total. The second-order valence-electron chi connectivity index (χ2n) is 1.91. The molecule has 1 N–H and O–H groups in total. The monoisotopic (exact) mass is 169 g/mol. The Morgan fingerprint density at radius 3 is 3.09 bits per heavy atom. The Hall–Kier alpha value is -0.900. The highest BCUT2D eigenvalue weighted by Crippen LogP contribution is 2.03. The first kappa shape index (κ1) is 8.20. The van der Waals surface area contributed by atoms with Crippen molar-refractivity contribution in [2.45, 2.75) is 6.92 Å². The Bertz CT molecular complexity index is 228. The summed E-state index contributed by atoms with van der Waals surface area (Å²) >= 11 is 1.59. The number of hydrogen-bond acceptors (Lipinski definition) is 3. The van der Waals surface area contributed by atoms with Crippen molar-refractivity contribution in [2.24, 2.45) is 4.99 Å². The van der Waals surface area contributed by atoms with Crippen molar-refractivity contribution < 1.29 is 0 Å². The fraction of sp³-hybridized carbons (Fsp3) is 0.429. The van der Waals surface area contributed by atoms with Crippen molar-refractivity contribution in [3.8, 4) is 0 Å². The molecule has 11 heavy (non-hydrogen) atoms. The molecule has 0 amide bonds. The van der Waals surface area contributed by atoms with Gasteiger partial charge in [0.1, 0.15) is 0 Å². The predicted molar refractivity (Wildman–Crippen MR) is 48.3 cm³/mol. The normalized spacial score (nSPS) is 11.6. The van der Waals surface area contributed by atoms with E-state index in [1.54, 1.807) is 17.5 Å². The SMILES string of the molecule is CC/N=C(\NC)c1nccs1. The molecule has 0 saturated carbocycles. The number of nitrogens with zero attached hydrogens (tertiary/aromatic N) is 2. The Labute approximate surface area is 70.2 Å². The van der Waals surface area contributed by atoms with Gasteiger partial charge in [0, 0.05) is 25.2 Å². The van der Waals surface area contributed by atoms with E-state index < -0.39 is 0 Å². The lowest BCUT2D eigenvalue weighted by Gasteiger charge is -1.99. The minimum Gasteiger partial charge on any atom is -0.371 e. The molecule has 1 aromatic heterocycles. The summed E-state index contributed by atoms with van der Waals surface area (Å²) in [6, 6.07) is 0. The number of hydrogen-bond donors (Lipinski definition) is 1. The standard InChI is InChI=1S/C7H11N3S/c1-3-9-6(8-2)7-10-4-5-11-7/h4-5H,3H2,1-2H3,(H,8,9). The van der Waals surface area contributed by atoms with Gasteiger partial charge >= 0.3 is 0 Å². The molecule has 0 saturated heterocycles. The molecule has 0 aliphatic carbocycles. The zero-order valence-corrected chi connectivity index (χ0v) is 7.48. The maximum absolute atomic E-state index is 4.24. The average molecular weight is 169 g/mol. The van der Waals surface area contributed by atoms with Gasteiger partial charge in [-0.15, -0.1) is 11.3 Å². The van der Waals surface area contributed by atoms with Crippen LogP contribution in [0, 0.1) is 0 Å². The number of thiazole rings is 1. The summed E-state index contributed by atoms with van der Waals surface area (Å²) in [4.78, 5) is 8.37. The molecule has 1 aromatic rings. The van der Waals surface area contributed by atoms with Gasteiger partial charge in [-0.2, -0.15) is 0 Å². The van der Waals surface area contributed by atoms with Gasteiger partial charge in [0.15, 0.2) is 10.8 Å². The molecular weight excluding hydrogens is 158 g/mol. The number of aromatic nitrogens is 1. The van der Waals surface area contributed by atoms with Crippen molar-refractivity contribution in [3.63, 3.8) is 0 Å². The van der Waals surface area contributed by atoms with Crippen molar-refractivity contribution in [3.05, 3.63) is 16.6 Å². The van der Waals surface area contributed by atoms with Gasteiger partial charge in [0.2, 0.25) is 0 Å². The molecule has 0 aromatic carbocycles. The maximum Gasteiger partial charge on any atom is 0.158 e. The topological polar surface area (TPSA) is 37.3 Å². The van der Waals surface area contributed by atoms with Gasteiger partial charge in [-0.25, -0.2) is 4.98 Å². The molecule has 1 heterocycles. The summed E-state index contributed by atoms with van der Waals surface area (Å²) < 4.78 is 0. The van der Waals surface area contributed by atoms with E-state index in [2.05, 4.69) is 15.3 Å². The lowest BCUT2D eigenvalue weighted by atomic mass is 10.6. The molecule has 0 spiro atoms. The molecule has 0 bridgehead atoms. The maximum atomic E-state index is 4.24. The van der Waals surface area contributed by atoms with Gasteiger partial charge in [-0.3, -0.25) is 4.99 Å². The minimum atomic E-state index is 0.787. The van der Waals surface area contributed by atoms with Gasteiger partial charge in [0.05, 0.1) is 0 Å². The molecule has 60 valence electrons. The summed E-state index contributed by atoms with van der Waals surface area (Å²) in [5, 5.41) is 5.90. The summed E-state index contributed by atoms with van der Waals surface area (Å²) in [7, 11) is 1.86. The summed E-state index contributed by atoms with van der Waals surface area (Å²) in [5.41, 5.74) is 0. The average Bonchev–Trinajstić information content (AvgIpc) is 2.52. The summed E-state index contributed by atoms with van der Waals surface area (Å²) in [6.07, 6.45) is 1.78. The van der Waals surface area contributed by atoms with Crippen molar-refractivity contribution in [1.82, 2.24) is 10.3 Å². The summed E-state index contributed by atoms with van der Waals surface area (Å²) in [5.74, 6) is 0.877. The number of nitrogens with one attached hydrogen (secondary N) is 1. The first-order chi connectivity index (χ1) is 5.38. The van der Waals surface area contributed by atoms with E-state index in [1.807, 2.05) is 19.4 Å². The quantitative estimate of drug-likeness (QED) is 0.532. The number of amidine groups is 1. The van der Waals surface area contributed by atoms with E-state index in [4.69, 9.17) is 0 Å². The molecule has 0 unspecified atom stereocenters. The largest absolute Gasteiger partial charge is 0.371 e. The predicted octanol–water partition coefficient (Wildman–Crippen LogP) is 1.13. The van der Waals surface area contributed by atoms with Gasteiger partial charge in [-0.05, 0) is 6.92 Å². The lowest BCUT2D eigenvalue weighted by Crippen LogP contribution is -2.19. The molecule has 1 rings (SSSR count). The number of rotatable bonds is 2. The zero-order chi connectivity index (χ0) is 8.10. The first-order valence-corrected chi connectivity index (χ1v) is 4.38. The second-order valence-corrected chi connectivity index (χ2v) is 2.80. The van der Waals surface area contributed by atoms with E-state index in [0.29, 0.717) is 0 Å². The Morgan fingerprint density at radius 1 is 1.82 bits per heavy atom. The van der Waals surface area contributed by atoms with Crippen LogP contribution in [0.4, 0.5) is 0 Å². The molecule has 0 fully saturated rings. The molecule has 0 atom stereocenters. The number of aliphatic imine (C=N–C) groups is 1. The van der Waals surface area contributed by atoms with Crippen molar-refractivity contribution in [1.29, 1.82) is 0 Å². The van der Waals surface area contributed by atoms with Gasteiger partial charge in [0.25, 0.3) is 0 Å². The Balaban J connectivity index is 2.79. The fourth-order valence-corrected chi connectivity index (χ4v) is 1.40. The molecule has 0 aliphatic heterocycles. The molecular formula is C7H11N3S. The van der Waals surface area contributed by atoms with E-state index in [0.717, 1.165) is 17.4 Å². The van der Waals surface area contributed by atoms with Crippen molar-refractivity contribution in [2.75, 3.05) is 13.6 Å². The highest BCUT2D eigenvalue weighted by atomic mass is 32.1. The van der Waals surface area contributed by atoms with Crippen LogP contribution in [0.3, 0.4) is 0 Å². The van der Waals surface area contributed by atoms with Crippen LogP contribution in [0.1, 0.15) is 11.9 Å². The third-order valence-electron chi connectivity index (χ3n) is 1.19. The van der Waals surface area contributed by atoms with E-state index in [9.17, 15) is 0 Å². The Morgan fingerprint density at radius 2 is 2.64 bits per heavy atom. The molecule has 4 heteroatoms. The van der Waals surface area contributed by atoms with Crippen LogP contribution < -0.4 is 5.32 Å².